The first kappa shape index (κ1) is 22.4. The summed E-state index contributed by atoms with van der Waals surface area (Å²) in [6, 6.07) is 0. The van der Waals surface area contributed by atoms with Crippen LogP contribution in [-0.2, 0) is 17.2 Å². The molecule has 2 N–H and O–H groups in total. The van der Waals surface area contributed by atoms with E-state index in [4.69, 9.17) is 21.6 Å². The van der Waals surface area contributed by atoms with Crippen LogP contribution in [0.3, 0.4) is 0 Å². The summed E-state index contributed by atoms with van der Waals surface area (Å²) >= 11 is 5.94. The van der Waals surface area contributed by atoms with Gasteiger partial charge in [-0.3, -0.25) is 4.21 Å². The highest BCUT2D eigenvalue weighted by molar-refractivity contribution is 7.87. The average Bonchev–Trinajstić information content (AvgIpc) is 3.41. The fraction of sp³-hybridized carbons (Fsp3) is 0.652. The van der Waals surface area contributed by atoms with Gasteiger partial charge in [0.05, 0.1) is 50.8 Å². The molecule has 3 atom stereocenters. The summed E-state index contributed by atoms with van der Waals surface area (Å²) in [5, 5.41) is 14.1. The van der Waals surface area contributed by atoms with Gasteiger partial charge in [-0.1, -0.05) is 11.6 Å². The van der Waals surface area contributed by atoms with Crippen LogP contribution in [0.25, 0.3) is 0 Å². The molecule has 2 aromatic rings. The van der Waals surface area contributed by atoms with Gasteiger partial charge in [-0.25, -0.2) is 15.0 Å². The largest absolute Gasteiger partial charge is 0.394 e. The summed E-state index contributed by atoms with van der Waals surface area (Å²) in [6.45, 7) is 7.61. The van der Waals surface area contributed by atoms with Crippen LogP contribution in [0.15, 0.2) is 17.3 Å². The lowest BCUT2D eigenvalue weighted by Crippen LogP contribution is -2.48. The number of aromatic nitrogens is 4. The summed E-state index contributed by atoms with van der Waals surface area (Å²) in [5.74, 6) is 3.03. The first-order valence-electron chi connectivity index (χ1n) is 12.0. The number of nitrogens with zero attached hydrogens (tertiary/aromatic N) is 6. The molecule has 182 valence electrons. The molecule has 3 fully saturated rings. The Morgan fingerprint density at radius 1 is 1.09 bits per heavy atom. The molecule has 0 amide bonds. The zero-order chi connectivity index (χ0) is 23.7. The van der Waals surface area contributed by atoms with Crippen molar-refractivity contribution in [1.82, 2.24) is 19.9 Å². The second-order valence-electron chi connectivity index (χ2n) is 10.8. The Hall–Kier alpha value is -2.04. The van der Waals surface area contributed by atoms with E-state index in [1.54, 1.807) is 12.4 Å². The maximum absolute atomic E-state index is 13.3. The van der Waals surface area contributed by atoms with Gasteiger partial charge in [0.2, 0.25) is 11.9 Å². The van der Waals surface area contributed by atoms with Gasteiger partial charge in [0, 0.05) is 44.4 Å². The standard InChI is InChI=1S/C23H30ClN7O2S/c1-22(2)6-17-18(34(22)33)19(29-23(13-32)4-3-5-23)28-21(27-17)31-11-14-9-30(10-15(14)12-31)20-25-7-16(24)8-26-20/h7-8,14-15,32H,3-6,9-13H2,1-2H3,(H,27,28,29)/t14?,15?,34-/m0/s1. The molecule has 34 heavy (non-hydrogen) atoms. The van der Waals surface area contributed by atoms with Crippen molar-refractivity contribution in [3.8, 4) is 0 Å². The number of aliphatic hydroxyl groups is 1. The van der Waals surface area contributed by atoms with Gasteiger partial charge < -0.3 is 20.2 Å². The first-order chi connectivity index (χ1) is 16.3. The highest BCUT2D eigenvalue weighted by Gasteiger charge is 2.46. The lowest BCUT2D eigenvalue weighted by Gasteiger charge is -2.41. The third-order valence-electron chi connectivity index (χ3n) is 7.86. The number of hydrogen-bond acceptors (Lipinski definition) is 9. The minimum Gasteiger partial charge on any atom is -0.394 e. The summed E-state index contributed by atoms with van der Waals surface area (Å²) in [6.07, 6.45) is 6.81. The number of nitrogens with one attached hydrogen (secondary N) is 1. The van der Waals surface area contributed by atoms with Gasteiger partial charge in [-0.05, 0) is 33.1 Å². The van der Waals surface area contributed by atoms with Crippen molar-refractivity contribution >= 4 is 40.1 Å². The van der Waals surface area contributed by atoms with E-state index in [0.717, 1.165) is 62.0 Å². The minimum atomic E-state index is -1.19. The maximum atomic E-state index is 13.3. The summed E-state index contributed by atoms with van der Waals surface area (Å²) in [5.41, 5.74) is 0.508. The van der Waals surface area contributed by atoms with Crippen LogP contribution in [0, 0.1) is 11.8 Å². The van der Waals surface area contributed by atoms with Crippen molar-refractivity contribution in [3.63, 3.8) is 0 Å². The number of rotatable bonds is 5. The number of fused-ring (bicyclic) bond motifs is 2. The molecule has 6 rings (SSSR count). The Morgan fingerprint density at radius 3 is 2.26 bits per heavy atom. The van der Waals surface area contributed by atoms with Crippen LogP contribution in [0.4, 0.5) is 17.7 Å². The van der Waals surface area contributed by atoms with Crippen LogP contribution in [0.2, 0.25) is 5.02 Å². The van der Waals surface area contributed by atoms with E-state index < -0.39 is 10.8 Å². The van der Waals surface area contributed by atoms with Crippen LogP contribution >= 0.6 is 11.6 Å². The second-order valence-corrected chi connectivity index (χ2v) is 13.3. The Morgan fingerprint density at radius 2 is 1.71 bits per heavy atom. The van der Waals surface area contributed by atoms with Crippen molar-refractivity contribution in [2.45, 2.75) is 54.7 Å². The quantitative estimate of drug-likeness (QED) is 0.635. The fourth-order valence-electron chi connectivity index (χ4n) is 5.74. The van der Waals surface area contributed by atoms with Gasteiger partial charge in [0.15, 0.2) is 0 Å². The van der Waals surface area contributed by atoms with E-state index >= 15 is 0 Å². The highest BCUT2D eigenvalue weighted by Crippen LogP contribution is 2.43. The van der Waals surface area contributed by atoms with E-state index in [9.17, 15) is 9.32 Å². The Labute approximate surface area is 206 Å². The van der Waals surface area contributed by atoms with Crippen LogP contribution in [-0.4, -0.2) is 72.3 Å². The van der Waals surface area contributed by atoms with E-state index in [0.29, 0.717) is 35.0 Å². The molecule has 9 nitrogen and oxygen atoms in total. The van der Waals surface area contributed by atoms with Crippen molar-refractivity contribution in [2.24, 2.45) is 11.8 Å². The number of halogens is 1. The predicted octanol–water partition coefficient (Wildman–Crippen LogP) is 2.26. The Balaban J connectivity index is 1.25. The third-order valence-corrected chi connectivity index (χ3v) is 10.0. The summed E-state index contributed by atoms with van der Waals surface area (Å²) in [7, 11) is -1.19. The lowest BCUT2D eigenvalue weighted by atomic mass is 9.77. The molecular weight excluding hydrogens is 474 g/mol. The average molecular weight is 504 g/mol. The normalized spacial score (nSPS) is 28.5. The zero-order valence-electron chi connectivity index (χ0n) is 19.5. The van der Waals surface area contributed by atoms with Crippen molar-refractivity contribution in [2.75, 3.05) is 47.9 Å². The Kier molecular flexibility index (Phi) is 5.27. The highest BCUT2D eigenvalue weighted by atomic mass is 35.5. The molecule has 5 heterocycles. The number of anilines is 3. The molecule has 2 aromatic heterocycles. The topological polar surface area (TPSA) is 107 Å². The van der Waals surface area contributed by atoms with Crippen molar-refractivity contribution in [3.05, 3.63) is 23.1 Å². The molecule has 1 aliphatic carbocycles. The monoisotopic (exact) mass is 503 g/mol. The van der Waals surface area contributed by atoms with Gasteiger partial charge in [-0.15, -0.1) is 0 Å². The molecule has 0 bridgehead atoms. The van der Waals surface area contributed by atoms with Crippen molar-refractivity contribution in [1.29, 1.82) is 0 Å². The Bertz CT molecular complexity index is 1120. The molecule has 1 saturated carbocycles. The molecule has 2 saturated heterocycles. The van der Waals surface area contributed by atoms with Crippen LogP contribution < -0.4 is 15.1 Å². The van der Waals surface area contributed by atoms with E-state index in [1.807, 2.05) is 13.8 Å². The molecule has 2 unspecified atom stereocenters. The minimum absolute atomic E-state index is 0.0492. The zero-order valence-corrected chi connectivity index (χ0v) is 21.1. The van der Waals surface area contributed by atoms with E-state index in [2.05, 4.69) is 25.1 Å². The predicted molar refractivity (Wildman–Crippen MR) is 132 cm³/mol. The van der Waals surface area contributed by atoms with E-state index in [1.165, 1.54) is 0 Å². The number of hydrogen-bond donors (Lipinski definition) is 2. The number of aliphatic hydroxyl groups excluding tert-OH is 1. The van der Waals surface area contributed by atoms with Gasteiger partial charge >= 0.3 is 0 Å². The van der Waals surface area contributed by atoms with E-state index in [-0.39, 0.29) is 16.9 Å². The second kappa shape index (κ2) is 7.99. The first-order valence-corrected chi connectivity index (χ1v) is 13.5. The summed E-state index contributed by atoms with van der Waals surface area (Å²) < 4.78 is 12.9. The van der Waals surface area contributed by atoms with Gasteiger partial charge in [0.25, 0.3) is 0 Å². The molecule has 0 aromatic carbocycles. The van der Waals surface area contributed by atoms with Crippen molar-refractivity contribution < 1.29 is 9.32 Å². The molecular formula is C23H30ClN7O2S. The molecule has 0 radical (unpaired) electrons. The molecule has 3 aliphatic heterocycles. The van der Waals surface area contributed by atoms with Crippen LogP contribution in [0.5, 0.6) is 0 Å². The fourth-order valence-corrected chi connectivity index (χ4v) is 7.26. The van der Waals surface area contributed by atoms with Gasteiger partial charge in [-0.2, -0.15) is 4.98 Å². The lowest BCUT2D eigenvalue weighted by molar-refractivity contribution is 0.143. The summed E-state index contributed by atoms with van der Waals surface area (Å²) in [4.78, 5) is 23.8. The van der Waals surface area contributed by atoms with Gasteiger partial charge in [0.1, 0.15) is 10.7 Å². The third kappa shape index (κ3) is 3.65. The molecule has 11 heteroatoms. The maximum Gasteiger partial charge on any atom is 0.227 e. The van der Waals surface area contributed by atoms with Crippen LogP contribution in [0.1, 0.15) is 38.8 Å². The smallest absolute Gasteiger partial charge is 0.227 e. The molecule has 0 spiro atoms. The SMILES string of the molecule is CC1(C)Cc2nc(N3CC4CN(c5ncc(Cl)cn5)CC4C3)nc(NC3(CO)CCC3)c2[S@@]1=O. The molecule has 4 aliphatic rings.